The normalized spacial score (nSPS) is 10.5. The number of aromatic carboxylic acids is 1. The second kappa shape index (κ2) is 5.42. The lowest BCUT2D eigenvalue weighted by Gasteiger charge is -2.04. The van der Waals surface area contributed by atoms with E-state index in [4.69, 9.17) is 16.7 Å². The van der Waals surface area contributed by atoms with Crippen molar-refractivity contribution >= 4 is 17.6 Å². The van der Waals surface area contributed by atoms with Crippen molar-refractivity contribution in [1.29, 1.82) is 0 Å². The summed E-state index contributed by atoms with van der Waals surface area (Å²) in [5.41, 5.74) is 2.84. The smallest absolute Gasteiger partial charge is 0.337 e. The van der Waals surface area contributed by atoms with E-state index in [9.17, 15) is 4.79 Å². The third-order valence-corrected chi connectivity index (χ3v) is 3.45. The van der Waals surface area contributed by atoms with Gasteiger partial charge in [-0.15, -0.1) is 0 Å². The molecule has 0 spiro atoms. The van der Waals surface area contributed by atoms with Gasteiger partial charge in [-0.3, -0.25) is 0 Å². The average Bonchev–Trinajstić information content (AvgIpc) is 2.97. The zero-order valence-corrected chi connectivity index (χ0v) is 11.7. The molecule has 0 aliphatic heterocycles. The molecular weight excluding hydrogens is 288 g/mol. The maximum Gasteiger partial charge on any atom is 0.337 e. The zero-order chi connectivity index (χ0) is 14.8. The number of carboxylic acid groups (broad SMARTS) is 1. The third-order valence-electron chi connectivity index (χ3n) is 3.14. The Bertz CT molecular complexity index is 797. The van der Waals surface area contributed by atoms with Crippen LogP contribution in [0.5, 0.6) is 0 Å². The Kier molecular flexibility index (Phi) is 3.46. The SMILES string of the molecule is O=C(O)c1ccc(-n2cc(-c3ccccc3)cn2)cc1Cl. The Morgan fingerprint density at radius 1 is 1.10 bits per heavy atom. The van der Waals surface area contributed by atoms with Crippen LogP contribution in [-0.2, 0) is 0 Å². The van der Waals surface area contributed by atoms with Gasteiger partial charge in [0.25, 0.3) is 0 Å². The van der Waals surface area contributed by atoms with Crippen molar-refractivity contribution in [3.05, 3.63) is 71.5 Å². The van der Waals surface area contributed by atoms with Gasteiger partial charge in [0, 0.05) is 11.8 Å². The molecule has 1 N–H and O–H groups in total. The Balaban J connectivity index is 1.97. The lowest BCUT2D eigenvalue weighted by atomic mass is 10.1. The summed E-state index contributed by atoms with van der Waals surface area (Å²) < 4.78 is 1.67. The Morgan fingerprint density at radius 3 is 2.52 bits per heavy atom. The first kappa shape index (κ1) is 13.4. The quantitative estimate of drug-likeness (QED) is 0.798. The third kappa shape index (κ3) is 2.66. The fourth-order valence-corrected chi connectivity index (χ4v) is 2.32. The summed E-state index contributed by atoms with van der Waals surface area (Å²) in [6, 6.07) is 14.6. The van der Waals surface area contributed by atoms with Crippen LogP contribution in [-0.4, -0.2) is 20.9 Å². The summed E-state index contributed by atoms with van der Waals surface area (Å²) in [6.45, 7) is 0. The lowest BCUT2D eigenvalue weighted by molar-refractivity contribution is 0.0697. The van der Waals surface area contributed by atoms with Crippen LogP contribution in [0.1, 0.15) is 10.4 Å². The predicted octanol–water partition coefficient (Wildman–Crippen LogP) is 3.89. The molecule has 1 heterocycles. The molecule has 3 rings (SSSR count). The van der Waals surface area contributed by atoms with Gasteiger partial charge in [-0.1, -0.05) is 41.9 Å². The summed E-state index contributed by atoms with van der Waals surface area (Å²) in [5.74, 6) is -1.04. The molecule has 21 heavy (non-hydrogen) atoms. The van der Waals surface area contributed by atoms with Gasteiger partial charge < -0.3 is 5.11 Å². The highest BCUT2D eigenvalue weighted by molar-refractivity contribution is 6.33. The van der Waals surface area contributed by atoms with Gasteiger partial charge >= 0.3 is 5.97 Å². The van der Waals surface area contributed by atoms with Crippen molar-refractivity contribution in [3.63, 3.8) is 0 Å². The van der Waals surface area contributed by atoms with E-state index in [-0.39, 0.29) is 10.6 Å². The predicted molar refractivity (Wildman–Crippen MR) is 81.0 cm³/mol. The summed E-state index contributed by atoms with van der Waals surface area (Å²) >= 11 is 5.98. The standard InChI is InChI=1S/C16H11ClN2O2/c17-15-8-13(6-7-14(15)16(20)21)19-10-12(9-18-19)11-4-2-1-3-5-11/h1-10H,(H,20,21). The number of hydrogen-bond acceptors (Lipinski definition) is 2. The van der Waals surface area contributed by atoms with Crippen LogP contribution in [0.4, 0.5) is 0 Å². The largest absolute Gasteiger partial charge is 0.478 e. The topological polar surface area (TPSA) is 55.1 Å². The van der Waals surface area contributed by atoms with Crippen molar-refractivity contribution in [2.75, 3.05) is 0 Å². The molecule has 0 saturated carbocycles. The van der Waals surface area contributed by atoms with Crippen molar-refractivity contribution in [2.24, 2.45) is 0 Å². The van der Waals surface area contributed by atoms with E-state index in [0.717, 1.165) is 11.1 Å². The molecular formula is C16H11ClN2O2. The van der Waals surface area contributed by atoms with Crippen molar-refractivity contribution < 1.29 is 9.90 Å². The summed E-state index contributed by atoms with van der Waals surface area (Å²) in [4.78, 5) is 11.0. The highest BCUT2D eigenvalue weighted by atomic mass is 35.5. The van der Waals surface area contributed by atoms with Crippen LogP contribution >= 0.6 is 11.6 Å². The molecule has 0 aliphatic carbocycles. The van der Waals surface area contributed by atoms with Crippen molar-refractivity contribution in [3.8, 4) is 16.8 Å². The first-order chi connectivity index (χ1) is 10.1. The highest BCUT2D eigenvalue weighted by Gasteiger charge is 2.10. The molecule has 0 amide bonds. The molecule has 0 saturated heterocycles. The molecule has 0 bridgehead atoms. The monoisotopic (exact) mass is 298 g/mol. The molecule has 5 heteroatoms. The van der Waals surface area contributed by atoms with Gasteiger partial charge in [-0.25, -0.2) is 9.48 Å². The van der Waals surface area contributed by atoms with E-state index in [0.29, 0.717) is 5.69 Å². The van der Waals surface area contributed by atoms with Crippen LogP contribution in [0, 0.1) is 0 Å². The first-order valence-electron chi connectivity index (χ1n) is 6.28. The maximum absolute atomic E-state index is 11.0. The van der Waals surface area contributed by atoms with E-state index in [2.05, 4.69) is 5.10 Å². The molecule has 0 aliphatic rings. The fourth-order valence-electron chi connectivity index (χ4n) is 2.06. The van der Waals surface area contributed by atoms with E-state index in [1.807, 2.05) is 36.5 Å². The van der Waals surface area contributed by atoms with Gasteiger partial charge in [0.05, 0.1) is 22.5 Å². The summed E-state index contributed by atoms with van der Waals surface area (Å²) in [5, 5.41) is 13.5. The molecule has 0 radical (unpaired) electrons. The number of carboxylic acids is 1. The maximum atomic E-state index is 11.0. The minimum atomic E-state index is -1.04. The van der Waals surface area contributed by atoms with Gasteiger partial charge in [0.2, 0.25) is 0 Å². The number of nitrogens with zero attached hydrogens (tertiary/aromatic N) is 2. The van der Waals surface area contributed by atoms with Crippen LogP contribution in [0.2, 0.25) is 5.02 Å². The van der Waals surface area contributed by atoms with Gasteiger partial charge in [-0.05, 0) is 23.8 Å². The lowest BCUT2D eigenvalue weighted by Crippen LogP contribution is -2.00. The van der Waals surface area contributed by atoms with E-state index < -0.39 is 5.97 Å². The highest BCUT2D eigenvalue weighted by Crippen LogP contribution is 2.23. The number of rotatable bonds is 3. The Morgan fingerprint density at radius 2 is 1.86 bits per heavy atom. The minimum Gasteiger partial charge on any atom is -0.478 e. The molecule has 4 nitrogen and oxygen atoms in total. The van der Waals surface area contributed by atoms with Gasteiger partial charge in [0.15, 0.2) is 0 Å². The number of halogens is 1. The van der Waals surface area contributed by atoms with E-state index >= 15 is 0 Å². The van der Waals surface area contributed by atoms with Crippen LogP contribution in [0.25, 0.3) is 16.8 Å². The fraction of sp³-hybridized carbons (Fsp3) is 0. The molecule has 3 aromatic rings. The molecule has 0 atom stereocenters. The molecule has 1 aromatic heterocycles. The van der Waals surface area contributed by atoms with Crippen LogP contribution < -0.4 is 0 Å². The first-order valence-corrected chi connectivity index (χ1v) is 6.66. The second-order valence-electron chi connectivity index (χ2n) is 4.51. The Labute approximate surface area is 126 Å². The van der Waals surface area contributed by atoms with Crippen molar-refractivity contribution in [1.82, 2.24) is 9.78 Å². The zero-order valence-electron chi connectivity index (χ0n) is 10.9. The van der Waals surface area contributed by atoms with E-state index in [1.54, 1.807) is 23.0 Å². The Hall–Kier alpha value is -2.59. The molecule has 0 fully saturated rings. The number of benzene rings is 2. The molecule has 0 unspecified atom stereocenters. The number of aromatic nitrogens is 2. The van der Waals surface area contributed by atoms with Gasteiger partial charge in [0.1, 0.15) is 0 Å². The average molecular weight is 299 g/mol. The van der Waals surface area contributed by atoms with Gasteiger partial charge in [-0.2, -0.15) is 5.10 Å². The van der Waals surface area contributed by atoms with Crippen LogP contribution in [0.3, 0.4) is 0 Å². The number of carbonyl (C=O) groups is 1. The summed E-state index contributed by atoms with van der Waals surface area (Å²) in [7, 11) is 0. The van der Waals surface area contributed by atoms with Crippen molar-refractivity contribution in [2.45, 2.75) is 0 Å². The second-order valence-corrected chi connectivity index (χ2v) is 4.92. The minimum absolute atomic E-state index is 0.0795. The van der Waals surface area contributed by atoms with E-state index in [1.165, 1.54) is 6.07 Å². The number of hydrogen-bond donors (Lipinski definition) is 1. The van der Waals surface area contributed by atoms with Crippen LogP contribution in [0.15, 0.2) is 60.9 Å². The molecule has 2 aromatic carbocycles. The molecule has 104 valence electrons. The summed E-state index contributed by atoms with van der Waals surface area (Å²) in [6.07, 6.45) is 3.63.